The molecule has 1 atom stereocenters. The molecular weight excluding hydrogens is 673 g/mol. The number of hydrogen-bond donors (Lipinski definition) is 3. The predicted molar refractivity (Wildman–Crippen MR) is 203 cm³/mol. The van der Waals surface area contributed by atoms with E-state index in [2.05, 4.69) is 33.0 Å². The van der Waals surface area contributed by atoms with Crippen LogP contribution in [0.15, 0.2) is 114 Å². The van der Waals surface area contributed by atoms with Gasteiger partial charge >= 0.3 is 5.97 Å². The molecule has 0 saturated carbocycles. The first kappa shape index (κ1) is 34.2. The minimum Gasteiger partial charge on any atom is -0.495 e. The summed E-state index contributed by atoms with van der Waals surface area (Å²) in [6.07, 6.45) is 0.698. The number of carbonyl (C=O) groups is 2. The minimum absolute atomic E-state index is 0.229. The number of carbonyl (C=O) groups excluding carboxylic acids is 2. The van der Waals surface area contributed by atoms with E-state index in [0.29, 0.717) is 34.4 Å². The lowest BCUT2D eigenvalue weighted by Crippen LogP contribution is -2.29. The van der Waals surface area contributed by atoms with Crippen LogP contribution in [0.1, 0.15) is 37.2 Å². The molecule has 1 aliphatic rings. The number of para-hydroxylation sites is 2. The van der Waals surface area contributed by atoms with Gasteiger partial charge in [-0.15, -0.1) is 23.1 Å². The number of nitrogens with zero attached hydrogens (tertiary/aromatic N) is 1. The van der Waals surface area contributed by atoms with E-state index in [0.717, 1.165) is 45.4 Å². The Balaban J connectivity index is 1.21. The molecule has 2 heterocycles. The van der Waals surface area contributed by atoms with Crippen LogP contribution in [0.25, 0.3) is 0 Å². The van der Waals surface area contributed by atoms with Crippen molar-refractivity contribution in [3.8, 4) is 5.75 Å². The number of methoxy groups -OCH3 is 2. The normalized spacial score (nSPS) is 13.1. The van der Waals surface area contributed by atoms with Crippen molar-refractivity contribution < 1.29 is 19.1 Å². The Morgan fingerprint density at radius 1 is 0.898 bits per heavy atom. The molecule has 0 bridgehead atoms. The topological polar surface area (TPSA) is 91.9 Å². The van der Waals surface area contributed by atoms with Gasteiger partial charge in [-0.1, -0.05) is 78.9 Å². The van der Waals surface area contributed by atoms with Crippen LogP contribution in [0.4, 0.5) is 16.4 Å². The number of anilines is 3. The maximum atomic E-state index is 14.2. The van der Waals surface area contributed by atoms with Crippen LogP contribution in [0.2, 0.25) is 0 Å². The van der Waals surface area contributed by atoms with Crippen LogP contribution >= 0.6 is 35.3 Å². The van der Waals surface area contributed by atoms with E-state index < -0.39 is 11.2 Å². The van der Waals surface area contributed by atoms with Gasteiger partial charge in [0.2, 0.25) is 5.91 Å². The summed E-state index contributed by atoms with van der Waals surface area (Å²) in [6, 6.07) is 35.3. The zero-order chi connectivity index (χ0) is 34.2. The van der Waals surface area contributed by atoms with Crippen molar-refractivity contribution >= 4 is 68.7 Å². The fraction of sp³-hybridized carbons (Fsp3) is 0.184. The fourth-order valence-corrected chi connectivity index (χ4v) is 8.33. The first-order valence-corrected chi connectivity index (χ1v) is 17.8. The molecule has 0 saturated heterocycles. The van der Waals surface area contributed by atoms with Crippen LogP contribution < -0.4 is 20.7 Å². The first-order chi connectivity index (χ1) is 23.9. The number of thiocarbonyl (C=S) groups is 1. The molecule has 1 aliphatic heterocycles. The number of amides is 1. The third kappa shape index (κ3) is 8.49. The van der Waals surface area contributed by atoms with Crippen molar-refractivity contribution in [3.63, 3.8) is 0 Å². The third-order valence-corrected chi connectivity index (χ3v) is 10.6. The number of rotatable bonds is 11. The fourth-order valence-electron chi connectivity index (χ4n) is 5.73. The lowest BCUT2D eigenvalue weighted by molar-refractivity contribution is -0.115. The van der Waals surface area contributed by atoms with Crippen LogP contribution in [-0.4, -0.2) is 42.7 Å². The molecule has 11 heteroatoms. The molecule has 0 spiro atoms. The maximum Gasteiger partial charge on any atom is 0.341 e. The van der Waals surface area contributed by atoms with E-state index in [1.165, 1.54) is 35.8 Å². The van der Waals surface area contributed by atoms with E-state index in [1.807, 2.05) is 97.1 Å². The lowest BCUT2D eigenvalue weighted by atomic mass is 10.0. The molecule has 250 valence electrons. The Hall–Kier alpha value is -4.68. The van der Waals surface area contributed by atoms with Gasteiger partial charge < -0.3 is 25.4 Å². The lowest BCUT2D eigenvalue weighted by Gasteiger charge is -2.27. The third-order valence-electron chi connectivity index (χ3n) is 8.05. The number of nitrogens with one attached hydrogen (secondary N) is 3. The van der Waals surface area contributed by atoms with Crippen LogP contribution in [-0.2, 0) is 29.0 Å². The maximum absolute atomic E-state index is 14.2. The Morgan fingerprint density at radius 2 is 1.63 bits per heavy atom. The highest BCUT2D eigenvalue weighted by atomic mass is 32.2. The average Bonchev–Trinajstić information content (AvgIpc) is 3.48. The summed E-state index contributed by atoms with van der Waals surface area (Å²) in [4.78, 5) is 31.6. The standard InChI is InChI=1S/C38H36N4O4S3/c1-45-31-19-10-9-18-30(31)40-38(47)39-27-16-11-17-28(22-27)48-34(26-14-7-4-8-15-26)35(43)41-36-33(37(44)46-2)29-20-21-42(24-32(29)49-36)23-25-12-5-3-6-13-25/h3-19,22,34H,20-21,23-24H2,1-2H3,(H,41,43)(H2,39,40,47). The van der Waals surface area contributed by atoms with E-state index in [1.54, 1.807) is 7.11 Å². The molecule has 5 aromatic rings. The molecule has 8 nitrogen and oxygen atoms in total. The van der Waals surface area contributed by atoms with Crippen molar-refractivity contribution in [1.29, 1.82) is 0 Å². The Labute approximate surface area is 299 Å². The molecule has 1 amide bonds. The van der Waals surface area contributed by atoms with Gasteiger partial charge in [-0.25, -0.2) is 4.79 Å². The van der Waals surface area contributed by atoms with Crippen LogP contribution in [0, 0.1) is 0 Å². The van der Waals surface area contributed by atoms with Crippen molar-refractivity contribution in [3.05, 3.63) is 136 Å². The molecule has 1 unspecified atom stereocenters. The molecule has 1 aromatic heterocycles. The molecule has 3 N–H and O–H groups in total. The quantitative estimate of drug-likeness (QED) is 0.0711. The minimum atomic E-state index is -0.602. The number of fused-ring (bicyclic) bond motifs is 1. The van der Waals surface area contributed by atoms with Crippen molar-refractivity contribution in [1.82, 2.24) is 4.90 Å². The van der Waals surface area contributed by atoms with Crippen LogP contribution in [0.5, 0.6) is 5.75 Å². The summed E-state index contributed by atoms with van der Waals surface area (Å²) < 4.78 is 10.6. The van der Waals surface area contributed by atoms with Crippen molar-refractivity contribution in [2.24, 2.45) is 0 Å². The number of esters is 1. The summed E-state index contributed by atoms with van der Waals surface area (Å²) in [7, 11) is 2.99. The van der Waals surface area contributed by atoms with E-state index in [4.69, 9.17) is 21.7 Å². The molecular formula is C38H36N4O4S3. The molecule has 0 radical (unpaired) electrons. The highest BCUT2D eigenvalue weighted by Gasteiger charge is 2.31. The first-order valence-electron chi connectivity index (χ1n) is 15.7. The van der Waals surface area contributed by atoms with Gasteiger partial charge in [-0.05, 0) is 65.7 Å². The number of hydrogen-bond acceptors (Lipinski definition) is 8. The Bertz CT molecular complexity index is 1930. The van der Waals surface area contributed by atoms with Crippen LogP contribution in [0.3, 0.4) is 0 Å². The highest BCUT2D eigenvalue weighted by Crippen LogP contribution is 2.41. The Kier molecular flexibility index (Phi) is 11.3. The van der Waals surface area contributed by atoms with Gasteiger partial charge in [-0.3, -0.25) is 9.69 Å². The van der Waals surface area contributed by atoms with E-state index in [-0.39, 0.29) is 5.91 Å². The average molecular weight is 709 g/mol. The zero-order valence-corrected chi connectivity index (χ0v) is 29.6. The highest BCUT2D eigenvalue weighted by molar-refractivity contribution is 8.00. The van der Waals surface area contributed by atoms with Gasteiger partial charge in [-0.2, -0.15) is 0 Å². The van der Waals surface area contributed by atoms with Gasteiger partial charge in [0, 0.05) is 35.1 Å². The van der Waals surface area contributed by atoms with Crippen molar-refractivity contribution in [2.45, 2.75) is 29.7 Å². The molecule has 0 aliphatic carbocycles. The molecule has 4 aromatic carbocycles. The van der Waals surface area contributed by atoms with Crippen molar-refractivity contribution in [2.75, 3.05) is 36.7 Å². The largest absolute Gasteiger partial charge is 0.495 e. The summed E-state index contributed by atoms with van der Waals surface area (Å²) in [5.41, 5.74) is 5.00. The number of benzene rings is 4. The molecule has 6 rings (SSSR count). The van der Waals surface area contributed by atoms with Gasteiger partial charge in [0.25, 0.3) is 0 Å². The van der Waals surface area contributed by atoms with E-state index in [9.17, 15) is 9.59 Å². The SMILES string of the molecule is COC(=O)c1c(NC(=O)C(Sc2cccc(NC(=S)Nc3ccccc3OC)c2)c2ccccc2)sc2c1CCN(Cc1ccccc1)C2. The summed E-state index contributed by atoms with van der Waals surface area (Å²) in [6.45, 7) is 2.31. The molecule has 49 heavy (non-hydrogen) atoms. The summed E-state index contributed by atoms with van der Waals surface area (Å²) in [5.74, 6) is 0.0108. The summed E-state index contributed by atoms with van der Waals surface area (Å²) >= 11 is 8.46. The van der Waals surface area contributed by atoms with E-state index >= 15 is 0 Å². The van der Waals surface area contributed by atoms with Gasteiger partial charge in [0.15, 0.2) is 5.11 Å². The second kappa shape index (κ2) is 16.1. The predicted octanol–water partition coefficient (Wildman–Crippen LogP) is 8.38. The Morgan fingerprint density at radius 3 is 2.39 bits per heavy atom. The number of ether oxygens (including phenoxy) is 2. The van der Waals surface area contributed by atoms with Gasteiger partial charge in [0.05, 0.1) is 25.5 Å². The second-order valence-corrected chi connectivity index (χ2v) is 14.0. The monoisotopic (exact) mass is 708 g/mol. The van der Waals surface area contributed by atoms with Gasteiger partial charge in [0.1, 0.15) is 16.0 Å². The number of thiophene rings is 1. The molecule has 0 fully saturated rings. The summed E-state index contributed by atoms with van der Waals surface area (Å²) in [5, 5.41) is 9.87. The zero-order valence-electron chi connectivity index (χ0n) is 27.1. The number of thioether (sulfide) groups is 1. The smallest absolute Gasteiger partial charge is 0.341 e. The second-order valence-electron chi connectivity index (χ2n) is 11.4.